The molecule has 0 saturated carbocycles. The molecule has 0 bridgehead atoms. The Kier molecular flexibility index (Phi) is 6.22. The Hall–Kier alpha value is -2.94. The molecule has 0 amide bonds. The van der Waals surface area contributed by atoms with Gasteiger partial charge in [-0.05, 0) is 38.3 Å². The van der Waals surface area contributed by atoms with E-state index in [4.69, 9.17) is 9.47 Å². The number of nitrogens with zero attached hydrogens (tertiary/aromatic N) is 4. The fourth-order valence-electron chi connectivity index (χ4n) is 3.81. The van der Waals surface area contributed by atoms with Crippen molar-refractivity contribution in [3.8, 4) is 11.8 Å². The minimum atomic E-state index is -0.345. The zero-order chi connectivity index (χ0) is 22.0. The molecule has 2 atom stereocenters. The van der Waals surface area contributed by atoms with Gasteiger partial charge >= 0.3 is 6.01 Å². The number of aromatic nitrogens is 4. The highest BCUT2D eigenvalue weighted by Gasteiger charge is 2.21. The maximum Gasteiger partial charge on any atom is 0.322 e. The normalized spacial score (nSPS) is 17.7. The second kappa shape index (κ2) is 9.05. The van der Waals surface area contributed by atoms with Gasteiger partial charge in [0.2, 0.25) is 5.95 Å². The molecule has 166 valence electrons. The van der Waals surface area contributed by atoms with Gasteiger partial charge in [-0.25, -0.2) is 4.39 Å². The molecule has 2 aromatic heterocycles. The molecule has 3 heterocycles. The standard InChI is InChI=1S/C22H29FN6O2/c1-13(2)18-12-25-29-20(18)27-22(31-16-6-5-9-24-11-16)28-21(29)26-14(3)17-8-7-15(23)10-19(17)30-4/h7-8,10,12-14,16,24H,5-6,9,11H2,1-4H3,(H,26,27,28). The van der Waals surface area contributed by atoms with Crippen LogP contribution < -0.4 is 20.1 Å². The van der Waals surface area contributed by atoms with Crippen LogP contribution in [0.4, 0.5) is 10.3 Å². The number of hydrogen-bond donors (Lipinski definition) is 2. The van der Waals surface area contributed by atoms with Gasteiger partial charge in [-0.3, -0.25) is 0 Å². The summed E-state index contributed by atoms with van der Waals surface area (Å²) in [6.07, 6.45) is 3.87. The van der Waals surface area contributed by atoms with E-state index in [0.717, 1.165) is 37.1 Å². The molecular formula is C22H29FN6O2. The largest absolute Gasteiger partial charge is 0.496 e. The number of piperidine rings is 1. The van der Waals surface area contributed by atoms with Gasteiger partial charge in [-0.2, -0.15) is 19.6 Å². The summed E-state index contributed by atoms with van der Waals surface area (Å²) >= 11 is 0. The molecule has 1 aromatic carbocycles. The van der Waals surface area contributed by atoms with Crippen LogP contribution in [0, 0.1) is 5.82 Å². The minimum Gasteiger partial charge on any atom is -0.496 e. The summed E-state index contributed by atoms with van der Waals surface area (Å²) in [5.74, 6) is 0.884. The maximum absolute atomic E-state index is 13.6. The van der Waals surface area contributed by atoms with E-state index in [1.54, 1.807) is 10.6 Å². The summed E-state index contributed by atoms with van der Waals surface area (Å²) in [5.41, 5.74) is 2.54. The van der Waals surface area contributed by atoms with Crippen LogP contribution in [0.15, 0.2) is 24.4 Å². The predicted molar refractivity (Wildman–Crippen MR) is 116 cm³/mol. The van der Waals surface area contributed by atoms with E-state index < -0.39 is 0 Å². The van der Waals surface area contributed by atoms with E-state index in [1.807, 2.05) is 13.1 Å². The lowest BCUT2D eigenvalue weighted by molar-refractivity contribution is 0.153. The van der Waals surface area contributed by atoms with Crippen LogP contribution in [0.2, 0.25) is 0 Å². The Bertz CT molecular complexity index is 1050. The second-order valence-corrected chi connectivity index (χ2v) is 8.16. The van der Waals surface area contributed by atoms with Gasteiger partial charge in [0.25, 0.3) is 0 Å². The first kappa shape index (κ1) is 21.3. The molecule has 3 aromatic rings. The first-order valence-corrected chi connectivity index (χ1v) is 10.7. The van der Waals surface area contributed by atoms with Gasteiger partial charge in [0.15, 0.2) is 5.65 Å². The smallest absolute Gasteiger partial charge is 0.322 e. The van der Waals surface area contributed by atoms with Crippen LogP contribution in [-0.4, -0.2) is 45.9 Å². The highest BCUT2D eigenvalue weighted by molar-refractivity contribution is 5.53. The summed E-state index contributed by atoms with van der Waals surface area (Å²) in [6, 6.07) is 4.60. The number of nitrogens with one attached hydrogen (secondary N) is 2. The van der Waals surface area contributed by atoms with Crippen LogP contribution in [0.25, 0.3) is 5.65 Å². The van der Waals surface area contributed by atoms with Crippen molar-refractivity contribution in [2.24, 2.45) is 0 Å². The zero-order valence-corrected chi connectivity index (χ0v) is 18.4. The molecular weight excluding hydrogens is 399 g/mol. The van der Waals surface area contributed by atoms with E-state index in [-0.39, 0.29) is 23.9 Å². The van der Waals surface area contributed by atoms with Crippen LogP contribution in [0.5, 0.6) is 11.8 Å². The molecule has 0 spiro atoms. The third-order valence-electron chi connectivity index (χ3n) is 5.53. The average molecular weight is 429 g/mol. The van der Waals surface area contributed by atoms with Gasteiger partial charge in [-0.1, -0.05) is 19.9 Å². The monoisotopic (exact) mass is 428 g/mol. The van der Waals surface area contributed by atoms with Gasteiger partial charge < -0.3 is 20.1 Å². The molecule has 8 nitrogen and oxygen atoms in total. The zero-order valence-electron chi connectivity index (χ0n) is 18.4. The van der Waals surface area contributed by atoms with Gasteiger partial charge in [0.05, 0.1) is 19.3 Å². The van der Waals surface area contributed by atoms with Gasteiger partial charge in [0, 0.05) is 23.7 Å². The Morgan fingerprint density at radius 3 is 2.77 bits per heavy atom. The Morgan fingerprint density at radius 1 is 1.23 bits per heavy atom. The molecule has 1 aliphatic heterocycles. The first-order valence-electron chi connectivity index (χ1n) is 10.7. The molecule has 2 unspecified atom stereocenters. The quantitative estimate of drug-likeness (QED) is 0.593. The molecule has 0 aliphatic carbocycles. The number of benzene rings is 1. The number of anilines is 1. The lowest BCUT2D eigenvalue weighted by Crippen LogP contribution is -2.37. The Balaban J connectivity index is 1.70. The number of ether oxygens (including phenoxy) is 2. The molecule has 4 rings (SSSR count). The number of rotatable bonds is 7. The van der Waals surface area contributed by atoms with Crippen LogP contribution in [0.3, 0.4) is 0 Å². The van der Waals surface area contributed by atoms with E-state index in [0.29, 0.717) is 23.4 Å². The number of methoxy groups -OCH3 is 1. The lowest BCUT2D eigenvalue weighted by Gasteiger charge is -2.23. The molecule has 1 fully saturated rings. The summed E-state index contributed by atoms with van der Waals surface area (Å²) in [5, 5.41) is 11.2. The summed E-state index contributed by atoms with van der Waals surface area (Å²) in [6.45, 7) is 7.94. The molecule has 1 saturated heterocycles. The fourth-order valence-corrected chi connectivity index (χ4v) is 3.81. The highest BCUT2D eigenvalue weighted by atomic mass is 19.1. The Morgan fingerprint density at radius 2 is 2.06 bits per heavy atom. The van der Waals surface area contributed by atoms with Crippen molar-refractivity contribution in [2.75, 3.05) is 25.5 Å². The fraction of sp³-hybridized carbons (Fsp3) is 0.500. The van der Waals surface area contributed by atoms with Crippen molar-refractivity contribution in [1.29, 1.82) is 0 Å². The predicted octanol–water partition coefficient (Wildman–Crippen LogP) is 3.70. The van der Waals surface area contributed by atoms with Crippen molar-refractivity contribution in [2.45, 2.75) is 51.7 Å². The number of hydrogen-bond acceptors (Lipinski definition) is 7. The van der Waals surface area contributed by atoms with Crippen molar-refractivity contribution in [3.05, 3.63) is 41.3 Å². The summed E-state index contributed by atoms with van der Waals surface area (Å²) in [7, 11) is 1.53. The van der Waals surface area contributed by atoms with E-state index >= 15 is 0 Å². The molecule has 31 heavy (non-hydrogen) atoms. The molecule has 9 heteroatoms. The third-order valence-corrected chi connectivity index (χ3v) is 5.53. The summed E-state index contributed by atoms with van der Waals surface area (Å²) < 4.78 is 26.8. The van der Waals surface area contributed by atoms with E-state index in [9.17, 15) is 4.39 Å². The first-order chi connectivity index (χ1) is 15.0. The van der Waals surface area contributed by atoms with Crippen molar-refractivity contribution < 1.29 is 13.9 Å². The van der Waals surface area contributed by atoms with Crippen molar-refractivity contribution in [1.82, 2.24) is 24.9 Å². The van der Waals surface area contributed by atoms with Gasteiger partial charge in [-0.15, -0.1) is 0 Å². The second-order valence-electron chi connectivity index (χ2n) is 8.16. The topological polar surface area (TPSA) is 85.6 Å². The molecule has 1 aliphatic rings. The SMILES string of the molecule is COc1cc(F)ccc1C(C)Nc1nc(OC2CCCNC2)nc2c(C(C)C)cnn12. The van der Waals surface area contributed by atoms with E-state index in [2.05, 4.69) is 39.5 Å². The molecule has 2 N–H and O–H groups in total. The van der Waals surface area contributed by atoms with Crippen LogP contribution >= 0.6 is 0 Å². The van der Waals surface area contributed by atoms with Crippen LogP contribution in [-0.2, 0) is 0 Å². The van der Waals surface area contributed by atoms with Gasteiger partial charge in [0.1, 0.15) is 17.7 Å². The Labute approximate surface area is 181 Å². The van der Waals surface area contributed by atoms with Crippen molar-refractivity contribution >= 4 is 11.6 Å². The van der Waals surface area contributed by atoms with E-state index in [1.165, 1.54) is 19.2 Å². The average Bonchev–Trinajstić information content (AvgIpc) is 3.19. The number of halogens is 1. The third kappa shape index (κ3) is 4.56. The maximum atomic E-state index is 13.6. The van der Waals surface area contributed by atoms with Crippen LogP contribution in [0.1, 0.15) is 56.7 Å². The van der Waals surface area contributed by atoms with Crippen molar-refractivity contribution in [3.63, 3.8) is 0 Å². The minimum absolute atomic E-state index is 0.0316. The lowest BCUT2D eigenvalue weighted by atomic mass is 10.1. The molecule has 0 radical (unpaired) electrons. The number of fused-ring (bicyclic) bond motifs is 1. The highest BCUT2D eigenvalue weighted by Crippen LogP contribution is 2.30. The summed E-state index contributed by atoms with van der Waals surface area (Å²) in [4.78, 5) is 9.28.